The first-order valence-corrected chi connectivity index (χ1v) is 12.4. The van der Waals surface area contributed by atoms with Crippen LogP contribution in [0, 0.1) is 11.8 Å². The van der Waals surface area contributed by atoms with Crippen LogP contribution >= 0.6 is 0 Å². The Morgan fingerprint density at radius 3 is 2.13 bits per heavy atom. The minimum atomic E-state index is -3.56. The molecule has 1 aromatic carbocycles. The van der Waals surface area contributed by atoms with Crippen molar-refractivity contribution in [1.82, 2.24) is 14.5 Å². The van der Waals surface area contributed by atoms with Crippen molar-refractivity contribution < 1.29 is 18.0 Å². The van der Waals surface area contributed by atoms with Crippen molar-refractivity contribution in [3.8, 4) is 0 Å². The van der Waals surface area contributed by atoms with Gasteiger partial charge in [-0.3, -0.25) is 9.59 Å². The van der Waals surface area contributed by atoms with Gasteiger partial charge in [-0.25, -0.2) is 8.42 Å². The van der Waals surface area contributed by atoms with E-state index in [1.807, 2.05) is 13.8 Å². The molecule has 1 aliphatic carbocycles. The molecule has 1 aromatic rings. The van der Waals surface area contributed by atoms with E-state index in [0.717, 1.165) is 25.7 Å². The summed E-state index contributed by atoms with van der Waals surface area (Å²) in [6.07, 6.45) is 5.08. The van der Waals surface area contributed by atoms with Gasteiger partial charge in [0.15, 0.2) is 0 Å². The largest absolute Gasteiger partial charge is 0.344 e. The molecule has 0 radical (unpaired) electrons. The first kappa shape index (κ1) is 22.7. The molecule has 2 aliphatic rings. The summed E-state index contributed by atoms with van der Waals surface area (Å²) in [5.74, 6) is -0.172. The molecule has 0 spiro atoms. The van der Waals surface area contributed by atoms with E-state index in [2.05, 4.69) is 5.32 Å². The van der Waals surface area contributed by atoms with Crippen LogP contribution in [0.25, 0.3) is 0 Å². The van der Waals surface area contributed by atoms with E-state index in [1.165, 1.54) is 10.7 Å². The van der Waals surface area contributed by atoms with Gasteiger partial charge in [0, 0.05) is 32.1 Å². The number of benzene rings is 1. The van der Waals surface area contributed by atoms with Crippen molar-refractivity contribution in [3.05, 3.63) is 30.3 Å². The molecule has 1 heterocycles. The first-order valence-electron chi connectivity index (χ1n) is 10.9. The summed E-state index contributed by atoms with van der Waals surface area (Å²) >= 11 is 0. The number of hydrogen-bond donors (Lipinski definition) is 1. The molecule has 1 saturated heterocycles. The normalized spacial score (nSPS) is 20.2. The number of carbonyl (C=O) groups excluding carboxylic acids is 2. The van der Waals surface area contributed by atoms with Gasteiger partial charge in [0.1, 0.15) is 6.04 Å². The molecule has 2 fully saturated rings. The fourth-order valence-electron chi connectivity index (χ4n) is 4.24. The van der Waals surface area contributed by atoms with Gasteiger partial charge in [0.2, 0.25) is 21.8 Å². The quantitative estimate of drug-likeness (QED) is 0.742. The number of sulfonamides is 1. The van der Waals surface area contributed by atoms with Crippen molar-refractivity contribution in [2.24, 2.45) is 11.8 Å². The number of amides is 2. The lowest BCUT2D eigenvalue weighted by Crippen LogP contribution is -2.57. The van der Waals surface area contributed by atoms with E-state index < -0.39 is 16.1 Å². The lowest BCUT2D eigenvalue weighted by Gasteiger charge is -2.37. The van der Waals surface area contributed by atoms with Crippen molar-refractivity contribution >= 4 is 21.8 Å². The zero-order valence-electron chi connectivity index (χ0n) is 17.9. The van der Waals surface area contributed by atoms with Crippen LogP contribution < -0.4 is 5.32 Å². The Morgan fingerprint density at radius 1 is 0.967 bits per heavy atom. The van der Waals surface area contributed by atoms with Gasteiger partial charge in [0.05, 0.1) is 4.90 Å². The average Bonchev–Trinajstić information content (AvgIpc) is 2.78. The third kappa shape index (κ3) is 5.21. The van der Waals surface area contributed by atoms with Crippen LogP contribution in [0.1, 0.15) is 46.0 Å². The highest BCUT2D eigenvalue weighted by molar-refractivity contribution is 7.89. The summed E-state index contributed by atoms with van der Waals surface area (Å²) in [7, 11) is -3.56. The highest BCUT2D eigenvalue weighted by Gasteiger charge is 2.35. The van der Waals surface area contributed by atoms with Gasteiger partial charge in [-0.05, 0) is 30.9 Å². The maximum Gasteiger partial charge on any atom is 0.245 e. The molecule has 1 N–H and O–H groups in total. The van der Waals surface area contributed by atoms with Crippen LogP contribution in [0.3, 0.4) is 0 Å². The number of carbonyl (C=O) groups is 2. The summed E-state index contributed by atoms with van der Waals surface area (Å²) in [6, 6.07) is 7.79. The summed E-state index contributed by atoms with van der Waals surface area (Å²) in [5.41, 5.74) is 0. The molecule has 8 heteroatoms. The van der Waals surface area contributed by atoms with Crippen LogP contribution in [0.5, 0.6) is 0 Å². The Labute approximate surface area is 179 Å². The lowest BCUT2D eigenvalue weighted by atomic mass is 9.88. The van der Waals surface area contributed by atoms with Gasteiger partial charge in [0.25, 0.3) is 0 Å². The average molecular weight is 436 g/mol. The van der Waals surface area contributed by atoms with Crippen LogP contribution in [0.2, 0.25) is 0 Å². The smallest absolute Gasteiger partial charge is 0.245 e. The number of rotatable bonds is 6. The summed E-state index contributed by atoms with van der Waals surface area (Å²) in [6.45, 7) is 5.02. The Bertz CT molecular complexity index is 827. The topological polar surface area (TPSA) is 86.8 Å². The molecule has 1 saturated carbocycles. The van der Waals surface area contributed by atoms with E-state index in [1.54, 1.807) is 35.2 Å². The maximum atomic E-state index is 13.1. The Morgan fingerprint density at radius 2 is 1.57 bits per heavy atom. The SMILES string of the molecule is CC(C)[C@H](NC(=O)C1CCCCC1)C(=O)N1CCN(S(=O)(=O)c2ccccc2)CC1. The monoisotopic (exact) mass is 435 g/mol. The third-order valence-electron chi connectivity index (χ3n) is 6.14. The summed E-state index contributed by atoms with van der Waals surface area (Å²) in [5, 5.41) is 2.99. The molecule has 3 rings (SSSR count). The minimum absolute atomic E-state index is 0.000614. The standard InChI is InChI=1S/C22H33N3O4S/c1-17(2)20(23-21(26)18-9-5-3-6-10-18)22(27)24-13-15-25(16-14-24)30(28,29)19-11-7-4-8-12-19/h4,7-8,11-12,17-18,20H,3,5-6,9-10,13-16H2,1-2H3,(H,23,26)/t20-/m0/s1. The maximum absolute atomic E-state index is 13.1. The van der Waals surface area contributed by atoms with Crippen molar-refractivity contribution in [2.45, 2.75) is 56.9 Å². The van der Waals surface area contributed by atoms with E-state index in [0.29, 0.717) is 13.1 Å². The van der Waals surface area contributed by atoms with E-state index in [-0.39, 0.29) is 41.6 Å². The number of piperazine rings is 1. The van der Waals surface area contributed by atoms with Crippen LogP contribution in [-0.2, 0) is 19.6 Å². The molecule has 166 valence electrons. The Kier molecular flexibility index (Phi) is 7.52. The van der Waals surface area contributed by atoms with Crippen LogP contribution in [0.4, 0.5) is 0 Å². The molecule has 1 atom stereocenters. The highest BCUT2D eigenvalue weighted by Crippen LogP contribution is 2.24. The minimum Gasteiger partial charge on any atom is -0.344 e. The van der Waals surface area contributed by atoms with E-state index >= 15 is 0 Å². The molecular formula is C22H33N3O4S. The van der Waals surface area contributed by atoms with Gasteiger partial charge >= 0.3 is 0 Å². The number of hydrogen-bond acceptors (Lipinski definition) is 4. The molecule has 2 amide bonds. The number of nitrogens with zero attached hydrogens (tertiary/aromatic N) is 2. The highest BCUT2D eigenvalue weighted by atomic mass is 32.2. The number of nitrogens with one attached hydrogen (secondary N) is 1. The zero-order valence-corrected chi connectivity index (χ0v) is 18.7. The third-order valence-corrected chi connectivity index (χ3v) is 8.05. The lowest BCUT2D eigenvalue weighted by molar-refractivity contribution is -0.139. The van der Waals surface area contributed by atoms with Crippen molar-refractivity contribution in [2.75, 3.05) is 26.2 Å². The summed E-state index contributed by atoms with van der Waals surface area (Å²) < 4.78 is 27.0. The molecule has 0 bridgehead atoms. The zero-order chi connectivity index (χ0) is 21.7. The van der Waals surface area contributed by atoms with Gasteiger partial charge < -0.3 is 10.2 Å². The van der Waals surface area contributed by atoms with Crippen LogP contribution in [0.15, 0.2) is 35.2 Å². The Hall–Kier alpha value is -1.93. The summed E-state index contributed by atoms with van der Waals surface area (Å²) in [4.78, 5) is 27.8. The second kappa shape index (κ2) is 9.92. The van der Waals surface area contributed by atoms with Gasteiger partial charge in [-0.15, -0.1) is 0 Å². The predicted octanol–water partition coefficient (Wildman–Crippen LogP) is 2.24. The molecule has 0 unspecified atom stereocenters. The second-order valence-electron chi connectivity index (χ2n) is 8.61. The Balaban J connectivity index is 1.60. The molecule has 30 heavy (non-hydrogen) atoms. The first-order chi connectivity index (χ1) is 14.3. The van der Waals surface area contributed by atoms with Gasteiger partial charge in [-0.2, -0.15) is 4.31 Å². The van der Waals surface area contributed by atoms with E-state index in [9.17, 15) is 18.0 Å². The fourth-order valence-corrected chi connectivity index (χ4v) is 5.68. The molecule has 0 aromatic heterocycles. The predicted molar refractivity (Wildman–Crippen MR) is 115 cm³/mol. The van der Waals surface area contributed by atoms with E-state index in [4.69, 9.17) is 0 Å². The second-order valence-corrected chi connectivity index (χ2v) is 10.5. The molecule has 1 aliphatic heterocycles. The van der Waals surface area contributed by atoms with Crippen molar-refractivity contribution in [3.63, 3.8) is 0 Å². The van der Waals surface area contributed by atoms with Crippen LogP contribution in [-0.4, -0.2) is 61.7 Å². The van der Waals surface area contributed by atoms with Crippen molar-refractivity contribution in [1.29, 1.82) is 0 Å². The van der Waals surface area contributed by atoms with Gasteiger partial charge in [-0.1, -0.05) is 51.3 Å². The fraction of sp³-hybridized carbons (Fsp3) is 0.636. The molecular weight excluding hydrogens is 402 g/mol. The molecule has 7 nitrogen and oxygen atoms in total.